The van der Waals surface area contributed by atoms with Gasteiger partial charge in [0.15, 0.2) is 0 Å². The monoisotopic (exact) mass is 248 g/mol. The van der Waals surface area contributed by atoms with Crippen LogP contribution in [0.4, 0.5) is 5.69 Å². The Bertz CT molecular complexity index is 433. The summed E-state index contributed by atoms with van der Waals surface area (Å²) in [5.74, 6) is 0. The third-order valence-electron chi connectivity index (χ3n) is 1.86. The van der Waals surface area contributed by atoms with Crippen LogP contribution >= 0.6 is 11.8 Å². The molecule has 0 aliphatic carbocycles. The molecule has 0 radical (unpaired) electrons. The maximum Gasteiger partial charge on any atom is 0.258 e. The lowest BCUT2D eigenvalue weighted by Gasteiger charge is -2.14. The zero-order valence-corrected chi connectivity index (χ0v) is 9.92. The minimum absolute atomic E-state index is 0.0495. The summed E-state index contributed by atoms with van der Waals surface area (Å²) in [6.07, 6.45) is 0.648. The average Bonchev–Trinajstić information content (AvgIpc) is 2.18. The molecule has 0 aliphatic heterocycles. The summed E-state index contributed by atoms with van der Waals surface area (Å²) in [5.41, 5.74) is 5.78. The first kappa shape index (κ1) is 12.3. The van der Waals surface area contributed by atoms with E-state index >= 15 is 0 Å². The van der Waals surface area contributed by atoms with E-state index in [1.165, 1.54) is 12.1 Å². The summed E-state index contributed by atoms with van der Waals surface area (Å²) in [5, 5.41) is 0. The lowest BCUT2D eigenvalue weighted by molar-refractivity contribution is 0.534. The largest absolute Gasteiger partial charge is 0.398 e. The molecule has 0 saturated heterocycles. The van der Waals surface area contributed by atoms with Gasteiger partial charge in [-0.15, -0.1) is 3.82 Å². The fourth-order valence-electron chi connectivity index (χ4n) is 1.12. The summed E-state index contributed by atoms with van der Waals surface area (Å²) in [6.45, 7) is 2.11. The van der Waals surface area contributed by atoms with E-state index in [0.29, 0.717) is 6.42 Å². The summed E-state index contributed by atoms with van der Waals surface area (Å²) in [4.78, 5) is 0.0495. The number of nitrogen functional groups attached to an aromatic ring is 1. The van der Waals surface area contributed by atoms with Gasteiger partial charge in [0, 0.05) is 6.54 Å². The van der Waals surface area contributed by atoms with Gasteiger partial charge >= 0.3 is 0 Å². The number of rotatable bonds is 4. The van der Waals surface area contributed by atoms with E-state index in [-0.39, 0.29) is 17.1 Å². The molecule has 2 N–H and O–H groups in total. The van der Waals surface area contributed by atoms with Crippen molar-refractivity contribution in [2.24, 2.45) is 0 Å². The van der Waals surface area contributed by atoms with Gasteiger partial charge in [-0.05, 0) is 30.3 Å². The minimum atomic E-state index is -3.66. The third-order valence-corrected chi connectivity index (χ3v) is 4.20. The zero-order valence-electron chi connectivity index (χ0n) is 8.35. The average molecular weight is 249 g/mol. The topological polar surface area (TPSA) is 63.4 Å². The van der Waals surface area contributed by atoms with Gasteiger partial charge in [-0.3, -0.25) is 0 Å². The van der Waals surface area contributed by atoms with Gasteiger partial charge in [0.25, 0.3) is 10.0 Å². The third kappa shape index (κ3) is 2.62. The van der Waals surface area contributed by atoms with E-state index in [4.69, 9.17) is 17.5 Å². The normalized spacial score (nSPS) is 11.9. The van der Waals surface area contributed by atoms with Crippen LogP contribution in [-0.4, -0.2) is 18.8 Å². The number of hydrogen-bond acceptors (Lipinski definition) is 3. The Labute approximate surface area is 94.8 Å². The van der Waals surface area contributed by atoms with Crippen LogP contribution in [0.15, 0.2) is 29.2 Å². The van der Waals surface area contributed by atoms with Crippen LogP contribution in [0.2, 0.25) is 0 Å². The molecule has 1 aromatic rings. The van der Waals surface area contributed by atoms with Gasteiger partial charge in [-0.2, -0.15) is 0 Å². The number of para-hydroxylation sites is 1. The predicted octanol–water partition coefficient (Wildman–Crippen LogP) is 1.82. The molecule has 1 rings (SSSR count). The van der Waals surface area contributed by atoms with Crippen molar-refractivity contribution in [3.63, 3.8) is 0 Å². The van der Waals surface area contributed by atoms with Gasteiger partial charge in [-0.25, -0.2) is 8.42 Å². The molecular weight excluding hydrogens is 236 g/mol. The van der Waals surface area contributed by atoms with Crippen molar-refractivity contribution < 1.29 is 8.42 Å². The van der Waals surface area contributed by atoms with Crippen molar-refractivity contribution in [2.75, 3.05) is 12.3 Å². The quantitative estimate of drug-likeness (QED) is 0.653. The fraction of sp³-hybridized carbons (Fsp3) is 0.333. The Morgan fingerprint density at radius 2 is 2.00 bits per heavy atom. The van der Waals surface area contributed by atoms with E-state index in [9.17, 15) is 8.42 Å². The molecule has 0 bridgehead atoms. The molecule has 0 heterocycles. The molecule has 0 saturated carbocycles. The second kappa shape index (κ2) is 4.83. The first-order valence-electron chi connectivity index (χ1n) is 4.53. The minimum Gasteiger partial charge on any atom is -0.398 e. The van der Waals surface area contributed by atoms with Crippen molar-refractivity contribution >= 4 is 27.5 Å². The van der Waals surface area contributed by atoms with Gasteiger partial charge in [0.2, 0.25) is 0 Å². The molecule has 4 nitrogen and oxygen atoms in total. The van der Waals surface area contributed by atoms with Crippen LogP contribution in [0, 0.1) is 0 Å². The number of benzene rings is 1. The molecule has 0 atom stereocenters. The molecule has 0 aromatic heterocycles. The SMILES string of the molecule is CCCN(Cl)S(=O)(=O)c1ccccc1N. The van der Waals surface area contributed by atoms with Crippen LogP contribution in [-0.2, 0) is 10.0 Å². The molecule has 0 spiro atoms. The molecule has 84 valence electrons. The molecule has 15 heavy (non-hydrogen) atoms. The molecule has 0 unspecified atom stereocenters. The van der Waals surface area contributed by atoms with E-state index < -0.39 is 10.0 Å². The lowest BCUT2D eigenvalue weighted by Crippen LogP contribution is -2.23. The maximum absolute atomic E-state index is 11.9. The summed E-state index contributed by atoms with van der Waals surface area (Å²) in [6, 6.07) is 6.26. The highest BCUT2D eigenvalue weighted by Gasteiger charge is 2.23. The zero-order chi connectivity index (χ0) is 11.5. The van der Waals surface area contributed by atoms with E-state index in [0.717, 1.165) is 3.82 Å². The number of nitrogens with zero attached hydrogens (tertiary/aromatic N) is 1. The molecule has 0 fully saturated rings. The Hall–Kier alpha value is -0.780. The van der Waals surface area contributed by atoms with Gasteiger partial charge in [-0.1, -0.05) is 19.1 Å². The maximum atomic E-state index is 11.9. The molecule has 0 amide bonds. The van der Waals surface area contributed by atoms with Crippen molar-refractivity contribution in [1.82, 2.24) is 3.82 Å². The second-order valence-corrected chi connectivity index (χ2v) is 5.49. The highest BCUT2D eigenvalue weighted by Crippen LogP contribution is 2.23. The van der Waals surface area contributed by atoms with Gasteiger partial charge in [0.1, 0.15) is 4.90 Å². The van der Waals surface area contributed by atoms with Crippen molar-refractivity contribution in [3.05, 3.63) is 24.3 Å². The molecule has 1 aromatic carbocycles. The van der Waals surface area contributed by atoms with E-state index in [1.807, 2.05) is 6.92 Å². The number of nitrogens with two attached hydrogens (primary N) is 1. The van der Waals surface area contributed by atoms with Crippen LogP contribution in [0.25, 0.3) is 0 Å². The van der Waals surface area contributed by atoms with Gasteiger partial charge < -0.3 is 5.73 Å². The second-order valence-electron chi connectivity index (χ2n) is 3.05. The van der Waals surface area contributed by atoms with E-state index in [1.54, 1.807) is 12.1 Å². The van der Waals surface area contributed by atoms with Crippen LogP contribution in [0.5, 0.6) is 0 Å². The Kier molecular flexibility index (Phi) is 3.96. The fourth-order valence-corrected chi connectivity index (χ4v) is 2.76. The number of halogens is 1. The molecule has 6 heteroatoms. The predicted molar refractivity (Wildman–Crippen MR) is 60.9 cm³/mol. The lowest BCUT2D eigenvalue weighted by atomic mass is 10.3. The Morgan fingerprint density at radius 3 is 2.53 bits per heavy atom. The summed E-state index contributed by atoms with van der Waals surface area (Å²) >= 11 is 5.67. The van der Waals surface area contributed by atoms with Crippen molar-refractivity contribution in [3.8, 4) is 0 Å². The Morgan fingerprint density at radius 1 is 1.40 bits per heavy atom. The highest BCUT2D eigenvalue weighted by atomic mass is 35.5. The number of sulfonamides is 1. The summed E-state index contributed by atoms with van der Waals surface area (Å²) in [7, 11) is -3.66. The number of anilines is 1. The first-order chi connectivity index (χ1) is 7.00. The van der Waals surface area contributed by atoms with E-state index in [2.05, 4.69) is 0 Å². The highest BCUT2D eigenvalue weighted by molar-refractivity contribution is 7.90. The van der Waals surface area contributed by atoms with Crippen LogP contribution in [0.1, 0.15) is 13.3 Å². The standard InChI is InChI=1S/C9H13ClN2O2S/c1-2-7-12(10)15(13,14)9-6-4-3-5-8(9)11/h3-6H,2,7,11H2,1H3. The molecule has 0 aliphatic rings. The van der Waals surface area contributed by atoms with Crippen molar-refractivity contribution in [1.29, 1.82) is 0 Å². The summed E-state index contributed by atoms with van der Waals surface area (Å²) < 4.78 is 24.5. The van der Waals surface area contributed by atoms with Gasteiger partial charge in [0.05, 0.1) is 5.69 Å². The number of hydrogen-bond donors (Lipinski definition) is 1. The van der Waals surface area contributed by atoms with Crippen LogP contribution < -0.4 is 5.73 Å². The smallest absolute Gasteiger partial charge is 0.258 e. The van der Waals surface area contributed by atoms with Crippen LogP contribution in [0.3, 0.4) is 0 Å². The Balaban J connectivity index is 3.12. The first-order valence-corrected chi connectivity index (χ1v) is 6.31. The molecular formula is C9H13ClN2O2S. The van der Waals surface area contributed by atoms with Crippen molar-refractivity contribution in [2.45, 2.75) is 18.2 Å².